The van der Waals surface area contributed by atoms with Crippen molar-refractivity contribution in [3.8, 4) is 0 Å². The first-order chi connectivity index (χ1) is 11.4. The number of hydrogen-bond acceptors (Lipinski definition) is 5. The number of nitrogens with zero attached hydrogens (tertiary/aromatic N) is 1. The molecule has 2 rings (SSSR count). The Labute approximate surface area is 144 Å². The molecule has 0 aromatic heterocycles. The Bertz CT molecular complexity index is 640. The van der Waals surface area contributed by atoms with Gasteiger partial charge in [-0.15, -0.1) is 0 Å². The molecule has 24 heavy (non-hydrogen) atoms. The van der Waals surface area contributed by atoms with Crippen molar-refractivity contribution < 1.29 is 13.2 Å². The highest BCUT2D eigenvalue weighted by Gasteiger charge is 2.27. The molecule has 0 spiro atoms. The average molecular weight is 353 g/mol. The van der Waals surface area contributed by atoms with Gasteiger partial charge in [0.2, 0.25) is 5.91 Å². The van der Waals surface area contributed by atoms with Crippen LogP contribution in [0.15, 0.2) is 24.3 Å². The monoisotopic (exact) mass is 353 g/mol. The smallest absolute Gasteiger partial charge is 0.225 e. The summed E-state index contributed by atoms with van der Waals surface area (Å²) < 4.78 is 22.8. The molecule has 0 bridgehead atoms. The molecule has 6 nitrogen and oxygen atoms in total. The van der Waals surface area contributed by atoms with E-state index in [0.29, 0.717) is 19.4 Å². The molecule has 1 aromatic carbocycles. The predicted octanol–water partition coefficient (Wildman–Crippen LogP) is 1.64. The SMILES string of the molecule is CCN(CC)c1ccc(NC(=O)CCNC2CCS(=O)(=O)C2)cc1. The van der Waals surface area contributed by atoms with Gasteiger partial charge in [-0.05, 0) is 44.5 Å². The van der Waals surface area contributed by atoms with Crippen LogP contribution in [0, 0.1) is 0 Å². The van der Waals surface area contributed by atoms with Crippen molar-refractivity contribution in [2.24, 2.45) is 0 Å². The van der Waals surface area contributed by atoms with Crippen molar-refractivity contribution in [2.45, 2.75) is 32.7 Å². The van der Waals surface area contributed by atoms with E-state index >= 15 is 0 Å². The molecule has 2 N–H and O–H groups in total. The summed E-state index contributed by atoms with van der Waals surface area (Å²) in [5.74, 6) is 0.357. The minimum atomic E-state index is -2.88. The molecule has 1 atom stereocenters. The summed E-state index contributed by atoms with van der Waals surface area (Å²) in [6.07, 6.45) is 0.963. The topological polar surface area (TPSA) is 78.5 Å². The molecule has 7 heteroatoms. The molecular formula is C17H27N3O3S. The molecule has 1 unspecified atom stereocenters. The fourth-order valence-electron chi connectivity index (χ4n) is 2.91. The second kappa shape index (κ2) is 8.48. The average Bonchev–Trinajstić information content (AvgIpc) is 2.89. The maximum absolute atomic E-state index is 12.0. The first-order valence-electron chi connectivity index (χ1n) is 8.52. The van der Waals surface area contributed by atoms with Crippen molar-refractivity contribution in [3.05, 3.63) is 24.3 Å². The molecular weight excluding hydrogens is 326 g/mol. The molecule has 0 aliphatic carbocycles. The standard InChI is InChI=1S/C17H27N3O3S/c1-3-20(4-2)16-7-5-14(6-8-16)19-17(21)9-11-18-15-10-12-24(22,23)13-15/h5-8,15,18H,3-4,9-13H2,1-2H3,(H,19,21). The number of benzene rings is 1. The lowest BCUT2D eigenvalue weighted by molar-refractivity contribution is -0.116. The molecule has 0 radical (unpaired) electrons. The Morgan fingerprint density at radius 1 is 1.21 bits per heavy atom. The van der Waals surface area contributed by atoms with Gasteiger partial charge >= 0.3 is 0 Å². The van der Waals surface area contributed by atoms with E-state index in [9.17, 15) is 13.2 Å². The number of amides is 1. The zero-order chi connectivity index (χ0) is 17.6. The first-order valence-corrected chi connectivity index (χ1v) is 10.3. The van der Waals surface area contributed by atoms with E-state index in [1.165, 1.54) is 0 Å². The Hall–Kier alpha value is -1.60. The van der Waals surface area contributed by atoms with Crippen LogP contribution < -0.4 is 15.5 Å². The van der Waals surface area contributed by atoms with Gasteiger partial charge in [0.25, 0.3) is 0 Å². The van der Waals surface area contributed by atoms with Crippen LogP contribution >= 0.6 is 0 Å². The fraction of sp³-hybridized carbons (Fsp3) is 0.588. The van der Waals surface area contributed by atoms with Gasteiger partial charge in [0.15, 0.2) is 9.84 Å². The first kappa shape index (κ1) is 18.7. The minimum absolute atomic E-state index is 0.0174. The Kier molecular flexibility index (Phi) is 6.62. The second-order valence-corrected chi connectivity index (χ2v) is 8.30. The molecule has 1 amide bonds. The Morgan fingerprint density at radius 3 is 2.42 bits per heavy atom. The quantitative estimate of drug-likeness (QED) is 0.743. The van der Waals surface area contributed by atoms with Gasteiger partial charge in [-0.2, -0.15) is 0 Å². The van der Waals surface area contributed by atoms with Crippen LogP contribution in [0.2, 0.25) is 0 Å². The second-order valence-electron chi connectivity index (χ2n) is 6.07. The van der Waals surface area contributed by atoms with Crippen molar-refractivity contribution in [1.82, 2.24) is 5.32 Å². The van der Waals surface area contributed by atoms with Gasteiger partial charge in [0.05, 0.1) is 11.5 Å². The molecule has 1 fully saturated rings. The molecule has 1 aliphatic heterocycles. The van der Waals surface area contributed by atoms with Gasteiger partial charge in [-0.3, -0.25) is 4.79 Å². The van der Waals surface area contributed by atoms with Crippen molar-refractivity contribution in [1.29, 1.82) is 0 Å². The predicted molar refractivity (Wildman–Crippen MR) is 98.3 cm³/mol. The summed E-state index contributed by atoms with van der Waals surface area (Å²) in [5, 5.41) is 6.02. The highest BCUT2D eigenvalue weighted by molar-refractivity contribution is 7.91. The van der Waals surface area contributed by atoms with Crippen LogP contribution in [0.3, 0.4) is 0 Å². The van der Waals surface area contributed by atoms with Crippen molar-refractivity contribution in [3.63, 3.8) is 0 Å². The zero-order valence-electron chi connectivity index (χ0n) is 14.4. The van der Waals surface area contributed by atoms with Crippen LogP contribution in [0.4, 0.5) is 11.4 Å². The van der Waals surface area contributed by atoms with E-state index in [2.05, 4.69) is 29.4 Å². The Balaban J connectivity index is 1.74. The van der Waals surface area contributed by atoms with E-state index in [1.54, 1.807) is 0 Å². The lowest BCUT2D eigenvalue weighted by atomic mass is 10.2. The van der Waals surface area contributed by atoms with Gasteiger partial charge in [0.1, 0.15) is 0 Å². The summed E-state index contributed by atoms with van der Waals surface area (Å²) in [6.45, 7) is 6.61. The van der Waals surface area contributed by atoms with Crippen LogP contribution in [0.25, 0.3) is 0 Å². The number of sulfone groups is 1. The Morgan fingerprint density at radius 2 is 1.88 bits per heavy atom. The van der Waals surface area contributed by atoms with Gasteiger partial charge in [-0.1, -0.05) is 0 Å². The van der Waals surface area contributed by atoms with Crippen LogP contribution in [0.5, 0.6) is 0 Å². The number of anilines is 2. The van der Waals surface area contributed by atoms with E-state index in [1.807, 2.05) is 24.3 Å². The largest absolute Gasteiger partial charge is 0.372 e. The number of carbonyl (C=O) groups excluding carboxylic acids is 1. The molecule has 0 saturated carbocycles. The van der Waals surface area contributed by atoms with Crippen LogP contribution in [-0.4, -0.2) is 51.5 Å². The third-order valence-corrected chi connectivity index (χ3v) is 6.07. The minimum Gasteiger partial charge on any atom is -0.372 e. The number of nitrogens with one attached hydrogen (secondary N) is 2. The van der Waals surface area contributed by atoms with Gasteiger partial charge in [-0.25, -0.2) is 8.42 Å². The normalized spacial score (nSPS) is 19.2. The molecule has 1 saturated heterocycles. The van der Waals surface area contributed by atoms with E-state index in [4.69, 9.17) is 0 Å². The van der Waals surface area contributed by atoms with E-state index < -0.39 is 9.84 Å². The molecule has 1 heterocycles. The summed E-state index contributed by atoms with van der Waals surface area (Å²) in [7, 11) is -2.88. The highest BCUT2D eigenvalue weighted by Crippen LogP contribution is 2.17. The number of rotatable bonds is 8. The molecule has 1 aromatic rings. The van der Waals surface area contributed by atoms with Crippen molar-refractivity contribution >= 4 is 27.1 Å². The van der Waals surface area contributed by atoms with Crippen molar-refractivity contribution in [2.75, 3.05) is 41.4 Å². The highest BCUT2D eigenvalue weighted by atomic mass is 32.2. The lowest BCUT2D eigenvalue weighted by Crippen LogP contribution is -2.32. The number of hydrogen-bond donors (Lipinski definition) is 2. The molecule has 1 aliphatic rings. The summed E-state index contributed by atoms with van der Waals surface area (Å²) in [6, 6.07) is 7.80. The molecule has 134 valence electrons. The summed E-state index contributed by atoms with van der Waals surface area (Å²) >= 11 is 0. The third kappa shape index (κ3) is 5.49. The third-order valence-electron chi connectivity index (χ3n) is 4.30. The lowest BCUT2D eigenvalue weighted by Gasteiger charge is -2.21. The number of carbonyl (C=O) groups is 1. The van der Waals surface area contributed by atoms with E-state index in [0.717, 1.165) is 24.5 Å². The maximum atomic E-state index is 12.0. The summed E-state index contributed by atoms with van der Waals surface area (Å²) in [5.41, 5.74) is 1.92. The van der Waals surface area contributed by atoms with Crippen LogP contribution in [-0.2, 0) is 14.6 Å². The van der Waals surface area contributed by atoms with Gasteiger partial charge in [0, 0.05) is 43.5 Å². The van der Waals surface area contributed by atoms with Crippen LogP contribution in [0.1, 0.15) is 26.7 Å². The summed E-state index contributed by atoms with van der Waals surface area (Å²) in [4.78, 5) is 14.2. The van der Waals surface area contributed by atoms with Gasteiger partial charge < -0.3 is 15.5 Å². The van der Waals surface area contributed by atoms with E-state index in [-0.39, 0.29) is 23.5 Å². The maximum Gasteiger partial charge on any atom is 0.225 e. The zero-order valence-corrected chi connectivity index (χ0v) is 15.2. The fourth-order valence-corrected chi connectivity index (χ4v) is 4.62.